The Bertz CT molecular complexity index is 3130. The molecule has 0 spiro atoms. The predicted molar refractivity (Wildman–Crippen MR) is 213 cm³/mol. The maximum atomic E-state index is 6.54. The van der Waals surface area contributed by atoms with E-state index in [9.17, 15) is 0 Å². The molecule has 51 heavy (non-hydrogen) atoms. The van der Waals surface area contributed by atoms with Crippen molar-refractivity contribution in [3.05, 3.63) is 182 Å². The van der Waals surface area contributed by atoms with E-state index in [4.69, 9.17) is 4.42 Å². The van der Waals surface area contributed by atoms with Crippen molar-refractivity contribution >= 4 is 65.6 Å². The van der Waals surface area contributed by atoms with Crippen LogP contribution in [0.5, 0.6) is 0 Å². The van der Waals surface area contributed by atoms with Crippen LogP contribution in [0.1, 0.15) is 0 Å². The van der Waals surface area contributed by atoms with Crippen LogP contribution in [0.15, 0.2) is 186 Å². The molecular weight excluding hydrogens is 621 g/mol. The fourth-order valence-electron chi connectivity index (χ4n) is 8.22. The number of hydrogen-bond acceptors (Lipinski definition) is 1. The molecule has 0 N–H and O–H groups in total. The lowest BCUT2D eigenvalue weighted by atomic mass is 10.0. The summed E-state index contributed by atoms with van der Waals surface area (Å²) < 4.78 is 11.4. The monoisotopic (exact) mass is 650 g/mol. The standard InChI is InChI=1S/C48H30N2O/c1-3-13-31(14-4-1)34-29-45(48-39-19-9-12-22-46(39)51-47(48)30-34)50-42-21-11-8-18-37(42)40-27-32(24-26-43(40)50)33-23-25-38-36-17-7-10-20-41(36)49(44(38)28-33)35-15-5-2-6-16-35/h1-30H. The molecule has 3 heteroatoms. The van der Waals surface area contributed by atoms with Crippen molar-refractivity contribution < 1.29 is 4.42 Å². The maximum absolute atomic E-state index is 6.54. The summed E-state index contributed by atoms with van der Waals surface area (Å²) in [6.07, 6.45) is 0. The average Bonchev–Trinajstić information content (AvgIpc) is 3.85. The van der Waals surface area contributed by atoms with Crippen LogP contribution in [0.4, 0.5) is 0 Å². The highest BCUT2D eigenvalue weighted by Gasteiger charge is 2.20. The van der Waals surface area contributed by atoms with Crippen LogP contribution >= 0.6 is 0 Å². The van der Waals surface area contributed by atoms with Gasteiger partial charge in [0.15, 0.2) is 0 Å². The molecule has 3 aromatic heterocycles. The Morgan fingerprint density at radius 2 is 0.902 bits per heavy atom. The highest BCUT2D eigenvalue weighted by Crippen LogP contribution is 2.42. The molecular formula is C48H30N2O. The zero-order chi connectivity index (χ0) is 33.5. The van der Waals surface area contributed by atoms with Gasteiger partial charge in [-0.05, 0) is 82.9 Å². The fourth-order valence-corrected chi connectivity index (χ4v) is 8.22. The Balaban J connectivity index is 1.17. The first-order valence-corrected chi connectivity index (χ1v) is 17.4. The number of aromatic nitrogens is 2. The van der Waals surface area contributed by atoms with Gasteiger partial charge in [-0.2, -0.15) is 0 Å². The summed E-state index contributed by atoms with van der Waals surface area (Å²) in [5, 5.41) is 7.20. The molecule has 0 aliphatic carbocycles. The summed E-state index contributed by atoms with van der Waals surface area (Å²) in [7, 11) is 0. The summed E-state index contributed by atoms with van der Waals surface area (Å²) in [5.74, 6) is 0. The first-order valence-electron chi connectivity index (χ1n) is 17.4. The molecule has 0 fully saturated rings. The van der Waals surface area contributed by atoms with E-state index in [0.29, 0.717) is 0 Å². The summed E-state index contributed by atoms with van der Waals surface area (Å²) >= 11 is 0. The van der Waals surface area contributed by atoms with Gasteiger partial charge in [0.25, 0.3) is 0 Å². The van der Waals surface area contributed by atoms with E-state index in [-0.39, 0.29) is 0 Å². The van der Waals surface area contributed by atoms with E-state index in [1.54, 1.807) is 0 Å². The SMILES string of the molecule is c1ccc(-c2cc(-n3c4ccccc4c4cc(-c5ccc6c7ccccc7n(-c7ccccc7)c6c5)ccc43)c3c(c2)oc2ccccc23)cc1. The average molecular weight is 651 g/mol. The van der Waals surface area contributed by atoms with Crippen molar-refractivity contribution in [1.29, 1.82) is 0 Å². The Labute approximate surface area is 293 Å². The zero-order valence-corrected chi connectivity index (χ0v) is 27.6. The van der Waals surface area contributed by atoms with Crippen molar-refractivity contribution in [3.8, 4) is 33.6 Å². The molecule has 8 aromatic carbocycles. The molecule has 0 unspecified atom stereocenters. The van der Waals surface area contributed by atoms with E-state index >= 15 is 0 Å². The predicted octanol–water partition coefficient (Wildman–Crippen LogP) is 13.1. The molecule has 0 saturated carbocycles. The second-order valence-corrected chi connectivity index (χ2v) is 13.3. The number of para-hydroxylation sites is 4. The van der Waals surface area contributed by atoms with Crippen LogP contribution in [0.2, 0.25) is 0 Å². The number of hydrogen-bond donors (Lipinski definition) is 0. The van der Waals surface area contributed by atoms with Crippen molar-refractivity contribution in [2.45, 2.75) is 0 Å². The van der Waals surface area contributed by atoms with Gasteiger partial charge in [0.2, 0.25) is 0 Å². The van der Waals surface area contributed by atoms with Gasteiger partial charge in [-0.25, -0.2) is 0 Å². The minimum Gasteiger partial charge on any atom is -0.456 e. The molecule has 0 atom stereocenters. The van der Waals surface area contributed by atoms with E-state index in [1.807, 2.05) is 6.07 Å². The molecule has 3 heterocycles. The molecule has 0 bridgehead atoms. The molecule has 0 aliphatic rings. The Kier molecular flexibility index (Phi) is 5.96. The molecule has 3 nitrogen and oxygen atoms in total. The zero-order valence-electron chi connectivity index (χ0n) is 27.6. The van der Waals surface area contributed by atoms with Gasteiger partial charge in [-0.15, -0.1) is 0 Å². The molecule has 0 aliphatic heterocycles. The van der Waals surface area contributed by atoms with Crippen molar-refractivity contribution in [2.24, 2.45) is 0 Å². The van der Waals surface area contributed by atoms with Crippen LogP contribution in [-0.2, 0) is 0 Å². The Hall–Kier alpha value is -6.84. The van der Waals surface area contributed by atoms with Gasteiger partial charge in [-0.1, -0.05) is 121 Å². The smallest absolute Gasteiger partial charge is 0.138 e. The molecule has 238 valence electrons. The minimum absolute atomic E-state index is 0.886. The largest absolute Gasteiger partial charge is 0.456 e. The van der Waals surface area contributed by atoms with E-state index < -0.39 is 0 Å². The molecule has 11 aromatic rings. The summed E-state index contributed by atoms with van der Waals surface area (Å²) in [6.45, 7) is 0. The van der Waals surface area contributed by atoms with Gasteiger partial charge in [0.05, 0.1) is 33.1 Å². The molecule has 0 saturated heterocycles. The van der Waals surface area contributed by atoms with Crippen molar-refractivity contribution in [3.63, 3.8) is 0 Å². The second-order valence-electron chi connectivity index (χ2n) is 13.3. The summed E-state index contributed by atoms with van der Waals surface area (Å²) in [6, 6.07) is 65.5. The van der Waals surface area contributed by atoms with Crippen LogP contribution in [0.3, 0.4) is 0 Å². The van der Waals surface area contributed by atoms with Crippen LogP contribution < -0.4 is 0 Å². The summed E-state index contributed by atoms with van der Waals surface area (Å²) in [5.41, 5.74) is 13.5. The Morgan fingerprint density at radius 3 is 1.71 bits per heavy atom. The number of benzene rings is 8. The number of rotatable bonds is 4. The lowest BCUT2D eigenvalue weighted by molar-refractivity contribution is 0.669. The topological polar surface area (TPSA) is 23.0 Å². The molecule has 11 rings (SSSR count). The maximum Gasteiger partial charge on any atom is 0.138 e. The lowest BCUT2D eigenvalue weighted by Gasteiger charge is -2.13. The lowest BCUT2D eigenvalue weighted by Crippen LogP contribution is -1.96. The normalized spacial score (nSPS) is 11.9. The molecule has 0 radical (unpaired) electrons. The number of furan rings is 1. The van der Waals surface area contributed by atoms with Crippen LogP contribution in [0.25, 0.3) is 99.2 Å². The van der Waals surface area contributed by atoms with Gasteiger partial charge >= 0.3 is 0 Å². The minimum atomic E-state index is 0.886. The fraction of sp³-hybridized carbons (Fsp3) is 0. The van der Waals surface area contributed by atoms with Gasteiger partial charge in [-0.3, -0.25) is 0 Å². The van der Waals surface area contributed by atoms with Crippen molar-refractivity contribution in [1.82, 2.24) is 9.13 Å². The third-order valence-electron chi connectivity index (χ3n) is 10.5. The van der Waals surface area contributed by atoms with Crippen LogP contribution in [-0.4, -0.2) is 9.13 Å². The first kappa shape index (κ1) is 28.0. The van der Waals surface area contributed by atoms with Gasteiger partial charge in [0.1, 0.15) is 11.2 Å². The molecule has 0 amide bonds. The van der Waals surface area contributed by atoms with E-state index in [2.05, 4.69) is 185 Å². The van der Waals surface area contributed by atoms with Crippen molar-refractivity contribution in [2.75, 3.05) is 0 Å². The highest BCUT2D eigenvalue weighted by atomic mass is 16.3. The third-order valence-corrected chi connectivity index (χ3v) is 10.5. The third kappa shape index (κ3) is 4.19. The first-order chi connectivity index (χ1) is 25.3. The summed E-state index contributed by atoms with van der Waals surface area (Å²) in [4.78, 5) is 0. The van der Waals surface area contributed by atoms with Gasteiger partial charge in [0, 0.05) is 32.6 Å². The number of fused-ring (bicyclic) bond motifs is 9. The van der Waals surface area contributed by atoms with Crippen LogP contribution in [0, 0.1) is 0 Å². The van der Waals surface area contributed by atoms with E-state index in [1.165, 1.54) is 49.2 Å². The van der Waals surface area contributed by atoms with E-state index in [0.717, 1.165) is 50.0 Å². The quantitative estimate of drug-likeness (QED) is 0.186. The second kappa shape index (κ2) is 10.8. The Morgan fingerprint density at radius 1 is 0.314 bits per heavy atom. The highest BCUT2D eigenvalue weighted by molar-refractivity contribution is 6.16. The number of nitrogens with zero attached hydrogens (tertiary/aromatic N) is 2. The van der Waals surface area contributed by atoms with Gasteiger partial charge < -0.3 is 13.6 Å².